The van der Waals surface area contributed by atoms with Crippen LogP contribution in [0.3, 0.4) is 0 Å². The number of hydrogen-bond acceptors (Lipinski definition) is 4. The predicted molar refractivity (Wildman–Crippen MR) is 60.9 cm³/mol. The number of carboxylic acid groups (broad SMARTS) is 1. The van der Waals surface area contributed by atoms with Crippen LogP contribution in [0.25, 0.3) is 0 Å². The molecule has 2 rings (SSSR count). The first-order valence-corrected chi connectivity index (χ1v) is 5.34. The van der Waals surface area contributed by atoms with E-state index in [1.54, 1.807) is 12.1 Å². The van der Waals surface area contributed by atoms with Gasteiger partial charge in [0.1, 0.15) is 5.82 Å². The molecular weight excluding hydrogens is 206 g/mol. The van der Waals surface area contributed by atoms with Crippen LogP contribution in [0.5, 0.6) is 0 Å². The van der Waals surface area contributed by atoms with E-state index >= 15 is 0 Å². The van der Waals surface area contributed by atoms with Gasteiger partial charge in [-0.15, -0.1) is 0 Å². The maximum absolute atomic E-state index is 10.7. The lowest BCUT2D eigenvalue weighted by molar-refractivity contribution is 0.0696. The monoisotopic (exact) mass is 221 g/mol. The van der Waals surface area contributed by atoms with Gasteiger partial charge in [0.15, 0.2) is 0 Å². The molecule has 0 saturated carbocycles. The van der Waals surface area contributed by atoms with Crippen LogP contribution in [-0.4, -0.2) is 41.7 Å². The maximum atomic E-state index is 10.7. The molecule has 0 spiro atoms. The van der Waals surface area contributed by atoms with Crippen LogP contribution >= 0.6 is 0 Å². The molecule has 0 radical (unpaired) electrons. The van der Waals surface area contributed by atoms with Gasteiger partial charge in [-0.25, -0.2) is 9.78 Å². The molecule has 0 aromatic carbocycles. The van der Waals surface area contributed by atoms with Crippen LogP contribution in [0.1, 0.15) is 17.3 Å². The quantitative estimate of drug-likeness (QED) is 0.764. The Kier molecular flexibility index (Phi) is 3.05. The molecule has 1 aromatic heterocycles. The van der Waals surface area contributed by atoms with Crippen molar-refractivity contribution in [2.75, 3.05) is 24.5 Å². The van der Waals surface area contributed by atoms with E-state index in [2.05, 4.69) is 22.1 Å². The molecule has 1 aromatic rings. The van der Waals surface area contributed by atoms with Crippen LogP contribution in [0.2, 0.25) is 0 Å². The van der Waals surface area contributed by atoms with E-state index in [1.807, 2.05) is 0 Å². The molecule has 5 nitrogen and oxygen atoms in total. The van der Waals surface area contributed by atoms with Gasteiger partial charge in [0.25, 0.3) is 0 Å². The average molecular weight is 221 g/mol. The van der Waals surface area contributed by atoms with Crippen LogP contribution in [0.15, 0.2) is 18.3 Å². The molecule has 1 saturated heterocycles. The molecule has 5 heteroatoms. The van der Waals surface area contributed by atoms with Crippen LogP contribution in [0.4, 0.5) is 5.82 Å². The number of rotatable bonds is 2. The Balaban J connectivity index is 2.11. The summed E-state index contributed by atoms with van der Waals surface area (Å²) in [6.07, 6.45) is 1.41. The summed E-state index contributed by atoms with van der Waals surface area (Å²) in [7, 11) is 0. The second-order valence-corrected chi connectivity index (χ2v) is 4.01. The van der Waals surface area contributed by atoms with Gasteiger partial charge in [0, 0.05) is 31.9 Å². The topological polar surface area (TPSA) is 65.5 Å². The Morgan fingerprint density at radius 2 is 2.44 bits per heavy atom. The summed E-state index contributed by atoms with van der Waals surface area (Å²) in [6, 6.07) is 3.80. The largest absolute Gasteiger partial charge is 0.478 e. The minimum Gasteiger partial charge on any atom is -0.478 e. The normalized spacial score (nSPS) is 20.8. The number of carboxylic acids is 1. The number of carbonyl (C=O) groups is 1. The lowest BCUT2D eigenvalue weighted by Gasteiger charge is -2.32. The van der Waals surface area contributed by atoms with Crippen molar-refractivity contribution in [3.8, 4) is 0 Å². The summed E-state index contributed by atoms with van der Waals surface area (Å²) < 4.78 is 0. The molecule has 0 aliphatic carbocycles. The fraction of sp³-hybridized carbons (Fsp3) is 0.455. The predicted octanol–water partition coefficient (Wildman–Crippen LogP) is 0.578. The standard InChI is InChI=1S/C11H15N3O2/c1-8-7-14(5-4-12-8)10-3-2-9(6-13-10)11(15)16/h2-3,6,8,12H,4-5,7H2,1H3,(H,15,16)/t8-/m1/s1. The second-order valence-electron chi connectivity index (χ2n) is 4.01. The van der Waals surface area contributed by atoms with Gasteiger partial charge in [0.2, 0.25) is 0 Å². The first-order chi connectivity index (χ1) is 7.66. The molecule has 0 bridgehead atoms. The highest BCUT2D eigenvalue weighted by Crippen LogP contribution is 2.13. The maximum Gasteiger partial charge on any atom is 0.337 e. The number of aromatic carboxylic acids is 1. The minimum absolute atomic E-state index is 0.229. The van der Waals surface area contributed by atoms with E-state index in [-0.39, 0.29) is 5.56 Å². The van der Waals surface area contributed by atoms with E-state index in [1.165, 1.54) is 6.20 Å². The molecule has 86 valence electrons. The van der Waals surface area contributed by atoms with Crippen molar-refractivity contribution in [2.45, 2.75) is 13.0 Å². The van der Waals surface area contributed by atoms with Crippen molar-refractivity contribution in [1.29, 1.82) is 0 Å². The third kappa shape index (κ3) is 2.30. The van der Waals surface area contributed by atoms with Crippen molar-refractivity contribution >= 4 is 11.8 Å². The van der Waals surface area contributed by atoms with Gasteiger partial charge in [-0.2, -0.15) is 0 Å². The number of nitrogens with one attached hydrogen (secondary N) is 1. The summed E-state index contributed by atoms with van der Waals surface area (Å²) in [5.74, 6) is -0.0916. The third-order valence-electron chi connectivity index (χ3n) is 2.69. The molecule has 1 aliphatic heterocycles. The van der Waals surface area contributed by atoms with Crippen molar-refractivity contribution < 1.29 is 9.90 Å². The summed E-state index contributed by atoms with van der Waals surface area (Å²) in [6.45, 7) is 4.87. The molecular formula is C11H15N3O2. The zero-order valence-electron chi connectivity index (χ0n) is 9.18. The smallest absolute Gasteiger partial charge is 0.337 e. The molecule has 16 heavy (non-hydrogen) atoms. The molecule has 0 unspecified atom stereocenters. The Labute approximate surface area is 94.1 Å². The van der Waals surface area contributed by atoms with E-state index in [0.717, 1.165) is 25.5 Å². The van der Waals surface area contributed by atoms with Gasteiger partial charge in [-0.3, -0.25) is 0 Å². The van der Waals surface area contributed by atoms with Crippen molar-refractivity contribution in [2.24, 2.45) is 0 Å². The fourth-order valence-corrected chi connectivity index (χ4v) is 1.84. The van der Waals surface area contributed by atoms with Crippen molar-refractivity contribution in [1.82, 2.24) is 10.3 Å². The van der Waals surface area contributed by atoms with Crippen LogP contribution < -0.4 is 10.2 Å². The van der Waals surface area contributed by atoms with E-state index < -0.39 is 5.97 Å². The van der Waals surface area contributed by atoms with Gasteiger partial charge < -0.3 is 15.3 Å². The minimum atomic E-state index is -0.937. The Hall–Kier alpha value is -1.62. The van der Waals surface area contributed by atoms with Gasteiger partial charge >= 0.3 is 5.97 Å². The van der Waals surface area contributed by atoms with Crippen LogP contribution in [-0.2, 0) is 0 Å². The fourth-order valence-electron chi connectivity index (χ4n) is 1.84. The molecule has 0 amide bonds. The number of hydrogen-bond donors (Lipinski definition) is 2. The Morgan fingerprint density at radius 1 is 1.62 bits per heavy atom. The lowest BCUT2D eigenvalue weighted by atomic mass is 10.2. The number of nitrogens with zero attached hydrogens (tertiary/aromatic N) is 2. The Bertz CT molecular complexity index is 377. The highest BCUT2D eigenvalue weighted by Gasteiger charge is 2.16. The first-order valence-electron chi connectivity index (χ1n) is 5.34. The zero-order chi connectivity index (χ0) is 11.5. The van der Waals surface area contributed by atoms with Crippen molar-refractivity contribution in [3.63, 3.8) is 0 Å². The zero-order valence-corrected chi connectivity index (χ0v) is 9.18. The van der Waals surface area contributed by atoms with Gasteiger partial charge in [0.05, 0.1) is 5.56 Å². The second kappa shape index (κ2) is 4.49. The summed E-state index contributed by atoms with van der Waals surface area (Å²) in [4.78, 5) is 17.0. The molecule has 2 N–H and O–H groups in total. The summed E-state index contributed by atoms with van der Waals surface area (Å²) >= 11 is 0. The Morgan fingerprint density at radius 3 is 3.00 bits per heavy atom. The SMILES string of the molecule is C[C@@H]1CN(c2ccc(C(=O)O)cn2)CCN1. The van der Waals surface area contributed by atoms with Gasteiger partial charge in [-0.1, -0.05) is 0 Å². The summed E-state index contributed by atoms with van der Waals surface area (Å²) in [5.41, 5.74) is 0.229. The number of aromatic nitrogens is 1. The van der Waals surface area contributed by atoms with E-state index in [9.17, 15) is 4.79 Å². The highest BCUT2D eigenvalue weighted by molar-refractivity contribution is 5.87. The van der Waals surface area contributed by atoms with Gasteiger partial charge in [-0.05, 0) is 19.1 Å². The molecule has 2 heterocycles. The lowest BCUT2D eigenvalue weighted by Crippen LogP contribution is -2.49. The first kappa shape index (κ1) is 10.9. The average Bonchev–Trinajstić information content (AvgIpc) is 2.29. The van der Waals surface area contributed by atoms with Crippen LogP contribution in [0, 0.1) is 0 Å². The molecule has 1 atom stereocenters. The highest BCUT2D eigenvalue weighted by atomic mass is 16.4. The molecule has 1 aliphatic rings. The third-order valence-corrected chi connectivity index (χ3v) is 2.69. The number of pyridine rings is 1. The summed E-state index contributed by atoms with van der Waals surface area (Å²) in [5, 5.41) is 12.1. The van der Waals surface area contributed by atoms with E-state index in [0.29, 0.717) is 6.04 Å². The number of anilines is 1. The molecule has 1 fully saturated rings. The van der Waals surface area contributed by atoms with E-state index in [4.69, 9.17) is 5.11 Å². The van der Waals surface area contributed by atoms with Crippen molar-refractivity contribution in [3.05, 3.63) is 23.9 Å². The number of piperazine rings is 1.